The maximum atomic E-state index is 2.56. The summed E-state index contributed by atoms with van der Waals surface area (Å²) >= 11 is 0. The lowest BCUT2D eigenvalue weighted by molar-refractivity contribution is 1.18. The van der Waals surface area contributed by atoms with Gasteiger partial charge in [-0.05, 0) is 96.6 Å². The molecule has 0 aliphatic carbocycles. The molecule has 14 rings (SSSR count). The van der Waals surface area contributed by atoms with Crippen molar-refractivity contribution in [2.45, 2.75) is 0 Å². The van der Waals surface area contributed by atoms with Crippen molar-refractivity contribution in [3.8, 4) is 55.9 Å². The third-order valence-electron chi connectivity index (χ3n) is 15.5. The molecule has 0 amide bonds. The van der Waals surface area contributed by atoms with E-state index in [9.17, 15) is 0 Å². The van der Waals surface area contributed by atoms with Crippen LogP contribution in [0.5, 0.6) is 0 Å². The Labute approximate surface area is 438 Å². The maximum Gasteiger partial charge on any atom is 0.179 e. The number of hydrogen-bond acceptors (Lipinski definition) is 0. The van der Waals surface area contributed by atoms with Gasteiger partial charge < -0.3 is 9.13 Å². The predicted molar refractivity (Wildman–Crippen MR) is 320 cm³/mol. The first-order valence-electron chi connectivity index (χ1n) is 25.9. The number of fused-ring (bicyclic) bond motifs is 6. The first-order chi connectivity index (χ1) is 37.2. The van der Waals surface area contributed by atoms with Gasteiger partial charge >= 0.3 is 0 Å². The topological polar surface area (TPSA) is 9.86 Å². The van der Waals surface area contributed by atoms with Crippen LogP contribution in [0.25, 0.3) is 99.5 Å². The number of hydrogen-bond donors (Lipinski definition) is 0. The highest BCUT2D eigenvalue weighted by Crippen LogP contribution is 2.43. The lowest BCUT2D eigenvalue weighted by atomic mass is 9.95. The molecule has 2 aromatic heterocycles. The van der Waals surface area contributed by atoms with Gasteiger partial charge in [-0.1, -0.05) is 261 Å². The van der Waals surface area contributed by atoms with Crippen molar-refractivity contribution in [2.24, 2.45) is 0 Å². The Morgan fingerprint density at radius 2 is 0.587 bits per heavy atom. The van der Waals surface area contributed by atoms with Crippen LogP contribution in [0.2, 0.25) is 0 Å². The van der Waals surface area contributed by atoms with Crippen molar-refractivity contribution in [1.29, 1.82) is 0 Å². The Morgan fingerprint density at radius 1 is 0.213 bits per heavy atom. The second-order valence-electron chi connectivity index (χ2n) is 19.6. The van der Waals surface area contributed by atoms with Gasteiger partial charge in [-0.15, -0.1) is 0 Å². The van der Waals surface area contributed by atoms with Crippen molar-refractivity contribution in [3.63, 3.8) is 0 Å². The lowest BCUT2D eigenvalue weighted by Crippen LogP contribution is -2.74. The van der Waals surface area contributed by atoms with Crippen LogP contribution in [0.1, 0.15) is 0 Å². The van der Waals surface area contributed by atoms with Gasteiger partial charge in [-0.25, -0.2) is 0 Å². The highest BCUT2D eigenvalue weighted by Gasteiger charge is 2.42. The maximum absolute atomic E-state index is 3.08. The Morgan fingerprint density at radius 3 is 1.12 bits per heavy atom. The molecule has 0 radical (unpaired) electrons. The molecule has 0 bridgehead atoms. The molecule has 0 aliphatic rings. The lowest BCUT2D eigenvalue weighted by Gasteiger charge is -2.36. The first-order valence-corrected chi connectivity index (χ1v) is 27.9. The van der Waals surface area contributed by atoms with E-state index >= 15 is 0 Å². The minimum atomic E-state index is -3.08. The van der Waals surface area contributed by atoms with Gasteiger partial charge in [0.25, 0.3) is 0 Å². The molecule has 0 saturated carbocycles. The van der Waals surface area contributed by atoms with Crippen LogP contribution in [-0.4, -0.2) is 17.2 Å². The fraction of sp³-hybridized carbons (Fsp3) is 0. The van der Waals surface area contributed by atoms with Crippen LogP contribution >= 0.6 is 0 Å². The largest absolute Gasteiger partial charge is 0.309 e. The second kappa shape index (κ2) is 18.5. The van der Waals surface area contributed by atoms with Crippen LogP contribution in [0.4, 0.5) is 0 Å². The van der Waals surface area contributed by atoms with E-state index in [2.05, 4.69) is 312 Å². The van der Waals surface area contributed by atoms with E-state index in [0.29, 0.717) is 0 Å². The monoisotopic (exact) mass is 970 g/mol. The number of para-hydroxylation sites is 3. The highest BCUT2D eigenvalue weighted by atomic mass is 28.3. The number of nitrogens with zero attached hydrogens (tertiary/aromatic N) is 2. The summed E-state index contributed by atoms with van der Waals surface area (Å²) in [6.45, 7) is 0. The van der Waals surface area contributed by atoms with E-state index in [4.69, 9.17) is 0 Å². The highest BCUT2D eigenvalue weighted by molar-refractivity contribution is 7.20. The quantitative estimate of drug-likeness (QED) is 0.0955. The zero-order valence-electron chi connectivity index (χ0n) is 41.3. The zero-order valence-corrected chi connectivity index (χ0v) is 42.3. The van der Waals surface area contributed by atoms with Crippen LogP contribution in [0.3, 0.4) is 0 Å². The Bertz CT molecular complexity index is 4220. The van der Waals surface area contributed by atoms with Crippen molar-refractivity contribution in [3.05, 3.63) is 303 Å². The third kappa shape index (κ3) is 7.39. The summed E-state index contributed by atoms with van der Waals surface area (Å²) in [5, 5.41) is 10.3. The minimum Gasteiger partial charge on any atom is -0.309 e. The average molecular weight is 971 g/mol. The molecule has 2 nitrogen and oxygen atoms in total. The van der Waals surface area contributed by atoms with E-state index in [1.807, 2.05) is 0 Å². The summed E-state index contributed by atoms with van der Waals surface area (Å²) in [6, 6.07) is 113. The first kappa shape index (κ1) is 44.2. The van der Waals surface area contributed by atoms with Gasteiger partial charge in [0.05, 0.1) is 27.8 Å². The Kier molecular flexibility index (Phi) is 10.9. The van der Waals surface area contributed by atoms with Crippen molar-refractivity contribution >= 4 is 72.4 Å². The van der Waals surface area contributed by atoms with E-state index < -0.39 is 8.07 Å². The molecule has 0 N–H and O–H groups in total. The SMILES string of the molecule is c1ccc(-c2ccc([Si](c3ccccc3)(c3ccccc3)c3cc(-c4ccccc4)c(-n4c5ccccc5c5cc(-c6cccc(-n7c8ccccc8c8ccccc87)c6)ccc54)c(-c4ccccc4)c3)cc2)cc1. The molecule has 0 aliphatic heterocycles. The molecule has 0 saturated heterocycles. The second-order valence-corrected chi connectivity index (χ2v) is 23.4. The van der Waals surface area contributed by atoms with Crippen LogP contribution in [0, 0.1) is 0 Å². The van der Waals surface area contributed by atoms with Crippen molar-refractivity contribution in [2.75, 3.05) is 0 Å². The van der Waals surface area contributed by atoms with Gasteiger partial charge in [0.15, 0.2) is 8.07 Å². The normalized spacial score (nSPS) is 11.7. The molecular formula is C72H50N2Si. The van der Waals surface area contributed by atoms with Crippen molar-refractivity contribution in [1.82, 2.24) is 9.13 Å². The molecule has 75 heavy (non-hydrogen) atoms. The van der Waals surface area contributed by atoms with Crippen LogP contribution in [-0.2, 0) is 0 Å². The summed E-state index contributed by atoms with van der Waals surface area (Å²) in [5.74, 6) is 0. The molecule has 2 heterocycles. The summed E-state index contributed by atoms with van der Waals surface area (Å²) in [4.78, 5) is 0. The van der Waals surface area contributed by atoms with Gasteiger partial charge in [-0.2, -0.15) is 0 Å². The summed E-state index contributed by atoms with van der Waals surface area (Å²) in [6.07, 6.45) is 0. The number of aromatic nitrogens is 2. The van der Waals surface area contributed by atoms with Crippen molar-refractivity contribution < 1.29 is 0 Å². The summed E-state index contributed by atoms with van der Waals surface area (Å²) in [7, 11) is -3.08. The van der Waals surface area contributed by atoms with Crippen LogP contribution in [0.15, 0.2) is 303 Å². The van der Waals surface area contributed by atoms with E-state index in [-0.39, 0.29) is 0 Å². The summed E-state index contributed by atoms with van der Waals surface area (Å²) in [5.41, 5.74) is 16.5. The van der Waals surface area contributed by atoms with E-state index in [0.717, 1.165) is 22.4 Å². The van der Waals surface area contributed by atoms with E-state index in [1.165, 1.54) is 97.8 Å². The molecule has 352 valence electrons. The minimum absolute atomic E-state index is 1.14. The Balaban J connectivity index is 1.03. The predicted octanol–water partition coefficient (Wildman–Crippen LogP) is 15.9. The average Bonchev–Trinajstić information content (AvgIpc) is 4.02. The molecule has 0 unspecified atom stereocenters. The Hall–Kier alpha value is -9.54. The molecule has 14 aromatic rings. The van der Waals surface area contributed by atoms with Crippen LogP contribution < -0.4 is 20.7 Å². The smallest absolute Gasteiger partial charge is 0.179 e. The van der Waals surface area contributed by atoms with Gasteiger partial charge in [0.2, 0.25) is 0 Å². The van der Waals surface area contributed by atoms with Gasteiger partial charge in [0, 0.05) is 38.4 Å². The van der Waals surface area contributed by atoms with Gasteiger partial charge in [-0.3, -0.25) is 0 Å². The standard InChI is InChI=1S/C72H50N2Si/c1-6-23-51(24-7-1)52-41-44-60(45-42-52)75(58-31-12-4-13-32-58,59-33-14-5-15-34-59)61-49-65(53-25-8-2-9-26-53)72(66(50-61)54-27-10-3-11-28-54)74-70-40-21-18-37-64(70)67-48-56(43-46-71(67)74)55-29-22-30-57(47-55)73-68-38-19-16-35-62(68)63-36-17-20-39-69(63)73/h1-50H. The zero-order chi connectivity index (χ0) is 49.7. The third-order valence-corrected chi connectivity index (χ3v) is 20.2. The molecule has 12 aromatic carbocycles. The van der Waals surface area contributed by atoms with Gasteiger partial charge in [0.1, 0.15) is 0 Å². The van der Waals surface area contributed by atoms with E-state index in [1.54, 1.807) is 0 Å². The number of rotatable bonds is 10. The molecule has 0 atom stereocenters. The number of benzene rings is 12. The molecular weight excluding hydrogens is 921 g/mol. The molecule has 0 fully saturated rings. The molecule has 0 spiro atoms. The fourth-order valence-electron chi connectivity index (χ4n) is 12.1. The fourth-order valence-corrected chi connectivity index (χ4v) is 16.9. The summed E-state index contributed by atoms with van der Waals surface area (Å²) < 4.78 is 4.96. The molecule has 3 heteroatoms.